The lowest BCUT2D eigenvalue weighted by atomic mass is 9.89. The Labute approximate surface area is 155 Å². The molecule has 5 nitrogen and oxygen atoms in total. The SMILES string of the molecule is COc1ccccc1C1CCN(CN(CC=O)Cc2ccccn2)CC1. The number of carbonyl (C=O) groups is 1. The third kappa shape index (κ3) is 4.90. The second-order valence-electron chi connectivity index (χ2n) is 6.77. The summed E-state index contributed by atoms with van der Waals surface area (Å²) in [6, 6.07) is 14.2. The van der Waals surface area contributed by atoms with Crippen molar-refractivity contribution >= 4 is 6.29 Å². The van der Waals surface area contributed by atoms with Gasteiger partial charge in [-0.1, -0.05) is 24.3 Å². The van der Waals surface area contributed by atoms with Gasteiger partial charge in [0.2, 0.25) is 0 Å². The van der Waals surface area contributed by atoms with Crippen LogP contribution in [0.5, 0.6) is 5.75 Å². The van der Waals surface area contributed by atoms with E-state index in [0.717, 1.165) is 50.3 Å². The molecule has 2 heterocycles. The van der Waals surface area contributed by atoms with E-state index in [1.165, 1.54) is 5.56 Å². The van der Waals surface area contributed by atoms with Crippen molar-refractivity contribution in [3.63, 3.8) is 0 Å². The van der Waals surface area contributed by atoms with Gasteiger partial charge in [0, 0.05) is 12.7 Å². The first-order chi connectivity index (χ1) is 12.8. The van der Waals surface area contributed by atoms with Crippen molar-refractivity contribution in [2.75, 3.05) is 33.4 Å². The Morgan fingerprint density at radius 3 is 2.65 bits per heavy atom. The van der Waals surface area contributed by atoms with Gasteiger partial charge in [-0.2, -0.15) is 0 Å². The largest absolute Gasteiger partial charge is 0.496 e. The van der Waals surface area contributed by atoms with Gasteiger partial charge in [-0.25, -0.2) is 0 Å². The second-order valence-corrected chi connectivity index (χ2v) is 6.77. The van der Waals surface area contributed by atoms with E-state index in [4.69, 9.17) is 4.74 Å². The van der Waals surface area contributed by atoms with E-state index >= 15 is 0 Å². The van der Waals surface area contributed by atoms with Crippen molar-refractivity contribution in [1.29, 1.82) is 0 Å². The highest BCUT2D eigenvalue weighted by Crippen LogP contribution is 2.33. The van der Waals surface area contributed by atoms with Crippen molar-refractivity contribution < 1.29 is 9.53 Å². The molecule has 0 aliphatic carbocycles. The first-order valence-corrected chi connectivity index (χ1v) is 9.21. The van der Waals surface area contributed by atoms with Crippen LogP contribution in [0.15, 0.2) is 48.7 Å². The molecule has 138 valence electrons. The Morgan fingerprint density at radius 2 is 1.96 bits per heavy atom. The highest BCUT2D eigenvalue weighted by atomic mass is 16.5. The maximum atomic E-state index is 11.1. The van der Waals surface area contributed by atoms with Gasteiger partial charge in [0.1, 0.15) is 12.0 Å². The number of benzene rings is 1. The van der Waals surface area contributed by atoms with Crippen LogP contribution >= 0.6 is 0 Å². The van der Waals surface area contributed by atoms with Crippen LogP contribution in [-0.2, 0) is 11.3 Å². The number of methoxy groups -OCH3 is 1. The number of aromatic nitrogens is 1. The Bertz CT molecular complexity index is 685. The average Bonchev–Trinajstić information content (AvgIpc) is 2.69. The molecule has 0 spiro atoms. The Hall–Kier alpha value is -2.24. The number of aldehydes is 1. The number of hydrogen-bond acceptors (Lipinski definition) is 5. The van der Waals surface area contributed by atoms with Gasteiger partial charge in [0.05, 0.1) is 26.0 Å². The van der Waals surface area contributed by atoms with Gasteiger partial charge in [0.25, 0.3) is 0 Å². The summed E-state index contributed by atoms with van der Waals surface area (Å²) in [6.07, 6.45) is 5.00. The Morgan fingerprint density at radius 1 is 1.19 bits per heavy atom. The number of piperidine rings is 1. The summed E-state index contributed by atoms with van der Waals surface area (Å²) in [5, 5.41) is 0. The van der Waals surface area contributed by atoms with Crippen LogP contribution in [0.1, 0.15) is 30.0 Å². The fraction of sp³-hybridized carbons (Fsp3) is 0.429. The van der Waals surface area contributed by atoms with Crippen molar-refractivity contribution in [2.24, 2.45) is 0 Å². The summed E-state index contributed by atoms with van der Waals surface area (Å²) in [7, 11) is 1.74. The smallest absolute Gasteiger partial charge is 0.134 e. The van der Waals surface area contributed by atoms with Crippen LogP contribution < -0.4 is 4.74 Å². The van der Waals surface area contributed by atoms with E-state index < -0.39 is 0 Å². The molecule has 0 bridgehead atoms. The number of rotatable bonds is 8. The lowest BCUT2D eigenvalue weighted by Crippen LogP contribution is -2.42. The zero-order valence-electron chi connectivity index (χ0n) is 15.4. The van der Waals surface area contributed by atoms with Gasteiger partial charge < -0.3 is 9.53 Å². The monoisotopic (exact) mass is 353 g/mol. The lowest BCUT2D eigenvalue weighted by molar-refractivity contribution is -0.109. The highest BCUT2D eigenvalue weighted by molar-refractivity contribution is 5.51. The standard InChI is InChI=1S/C21H27N3O2/c1-26-21-8-3-2-7-20(21)18-9-12-23(13-10-18)17-24(14-15-25)16-19-6-4-5-11-22-19/h2-8,11,15,18H,9-10,12-14,16-17H2,1H3. The lowest BCUT2D eigenvalue weighted by Gasteiger charge is -2.35. The molecule has 1 saturated heterocycles. The molecule has 5 heteroatoms. The molecule has 3 rings (SSSR count). The number of nitrogens with zero attached hydrogens (tertiary/aromatic N) is 3. The van der Waals surface area contributed by atoms with Crippen LogP contribution in [0.25, 0.3) is 0 Å². The normalized spacial score (nSPS) is 15.9. The molecule has 1 aliphatic rings. The molecule has 2 aromatic rings. The van der Waals surface area contributed by atoms with E-state index in [-0.39, 0.29) is 0 Å². The van der Waals surface area contributed by atoms with E-state index in [9.17, 15) is 4.79 Å². The summed E-state index contributed by atoms with van der Waals surface area (Å²) in [6.45, 7) is 3.99. The zero-order chi connectivity index (χ0) is 18.2. The van der Waals surface area contributed by atoms with E-state index in [1.807, 2.05) is 30.3 Å². The topological polar surface area (TPSA) is 45.7 Å². The molecule has 1 aromatic heterocycles. The van der Waals surface area contributed by atoms with Gasteiger partial charge in [-0.3, -0.25) is 14.8 Å². The zero-order valence-corrected chi connectivity index (χ0v) is 15.4. The number of ether oxygens (including phenoxy) is 1. The molecule has 0 amide bonds. The fourth-order valence-corrected chi connectivity index (χ4v) is 3.67. The van der Waals surface area contributed by atoms with Crippen molar-refractivity contribution in [3.05, 3.63) is 59.9 Å². The minimum atomic E-state index is 0.434. The summed E-state index contributed by atoms with van der Waals surface area (Å²) >= 11 is 0. The first-order valence-electron chi connectivity index (χ1n) is 9.21. The molecular weight excluding hydrogens is 326 g/mol. The number of carbonyl (C=O) groups excluding carboxylic acids is 1. The minimum Gasteiger partial charge on any atom is -0.496 e. The van der Waals surface area contributed by atoms with Crippen molar-refractivity contribution in [3.8, 4) is 5.75 Å². The summed E-state index contributed by atoms with van der Waals surface area (Å²) < 4.78 is 5.52. The van der Waals surface area contributed by atoms with Crippen LogP contribution in [0.2, 0.25) is 0 Å². The van der Waals surface area contributed by atoms with Crippen molar-refractivity contribution in [2.45, 2.75) is 25.3 Å². The van der Waals surface area contributed by atoms with Crippen LogP contribution in [0.4, 0.5) is 0 Å². The predicted octanol–water partition coefficient (Wildman–Crippen LogP) is 2.93. The van der Waals surface area contributed by atoms with Crippen LogP contribution in [0, 0.1) is 0 Å². The second kappa shape index (κ2) is 9.46. The first kappa shape index (κ1) is 18.5. The van der Waals surface area contributed by atoms with Crippen LogP contribution in [-0.4, -0.2) is 54.5 Å². The Balaban J connectivity index is 1.55. The van der Waals surface area contributed by atoms with Gasteiger partial charge in [-0.05, 0) is 55.6 Å². The molecular formula is C21H27N3O2. The molecule has 0 unspecified atom stereocenters. The number of hydrogen-bond donors (Lipinski definition) is 0. The molecule has 0 atom stereocenters. The maximum Gasteiger partial charge on any atom is 0.134 e. The van der Waals surface area contributed by atoms with Crippen molar-refractivity contribution in [1.82, 2.24) is 14.8 Å². The molecule has 0 saturated carbocycles. The molecule has 1 fully saturated rings. The number of likely N-dealkylation sites (tertiary alicyclic amines) is 1. The summed E-state index contributed by atoms with van der Waals surface area (Å²) in [5.74, 6) is 1.53. The molecule has 0 N–H and O–H groups in total. The highest BCUT2D eigenvalue weighted by Gasteiger charge is 2.24. The Kier molecular flexibility index (Phi) is 6.75. The van der Waals surface area contributed by atoms with E-state index in [2.05, 4.69) is 26.9 Å². The quantitative estimate of drug-likeness (QED) is 0.683. The molecule has 1 aromatic carbocycles. The van der Waals surface area contributed by atoms with Gasteiger partial charge >= 0.3 is 0 Å². The number of para-hydroxylation sites is 1. The maximum absolute atomic E-state index is 11.1. The summed E-state index contributed by atoms with van der Waals surface area (Å²) in [4.78, 5) is 20.0. The summed E-state index contributed by atoms with van der Waals surface area (Å²) in [5.41, 5.74) is 2.31. The van der Waals surface area contributed by atoms with Gasteiger partial charge in [0.15, 0.2) is 0 Å². The third-order valence-electron chi connectivity index (χ3n) is 5.01. The van der Waals surface area contributed by atoms with E-state index in [0.29, 0.717) is 19.0 Å². The van der Waals surface area contributed by atoms with E-state index in [1.54, 1.807) is 13.3 Å². The van der Waals surface area contributed by atoms with Crippen LogP contribution in [0.3, 0.4) is 0 Å². The average molecular weight is 353 g/mol. The molecule has 1 aliphatic heterocycles. The fourth-order valence-electron chi connectivity index (χ4n) is 3.67. The molecule has 0 radical (unpaired) electrons. The van der Waals surface area contributed by atoms with Gasteiger partial charge in [-0.15, -0.1) is 0 Å². The minimum absolute atomic E-state index is 0.434. The number of pyridine rings is 1. The third-order valence-corrected chi connectivity index (χ3v) is 5.01. The predicted molar refractivity (Wildman–Crippen MR) is 102 cm³/mol. The molecule has 26 heavy (non-hydrogen) atoms.